The molecule has 0 aliphatic carbocycles. The maximum Gasteiger partial charge on any atom is 0.573 e. The summed E-state index contributed by atoms with van der Waals surface area (Å²) in [5, 5.41) is 1.07. The maximum atomic E-state index is 14.8. The Hall–Kier alpha value is -2.63. The Morgan fingerprint density at radius 2 is 1.68 bits per heavy atom. The number of halogens is 5. The number of ether oxygens (including phenoxy) is 1. The van der Waals surface area contributed by atoms with Crippen molar-refractivity contribution >= 4 is 10.8 Å². The van der Waals surface area contributed by atoms with E-state index in [1.807, 2.05) is 13.0 Å². The molecule has 0 aromatic heterocycles. The normalized spacial score (nSPS) is 11.8. The average Bonchev–Trinajstić information content (AvgIpc) is 2.55. The summed E-state index contributed by atoms with van der Waals surface area (Å²) in [6, 6.07) is 11.3. The smallest absolute Gasteiger partial charge is 0.403 e. The Balaban J connectivity index is 2.04. The summed E-state index contributed by atoms with van der Waals surface area (Å²) in [5.41, 5.74) is 1.29. The molecule has 0 N–H and O–H groups in total. The third-order valence-electron chi connectivity index (χ3n) is 3.90. The molecule has 0 fully saturated rings. The number of fused-ring (bicyclic) bond motifs is 1. The van der Waals surface area contributed by atoms with Crippen molar-refractivity contribution in [2.75, 3.05) is 0 Å². The zero-order valence-corrected chi connectivity index (χ0v) is 13.1. The van der Waals surface area contributed by atoms with Crippen molar-refractivity contribution in [1.82, 2.24) is 0 Å². The molecule has 0 aliphatic heterocycles. The van der Waals surface area contributed by atoms with Gasteiger partial charge in [0.15, 0.2) is 11.6 Å². The first-order chi connectivity index (χ1) is 11.8. The summed E-state index contributed by atoms with van der Waals surface area (Å²) >= 11 is 0. The summed E-state index contributed by atoms with van der Waals surface area (Å²) in [4.78, 5) is 0. The van der Waals surface area contributed by atoms with Crippen LogP contribution in [-0.4, -0.2) is 6.36 Å². The van der Waals surface area contributed by atoms with E-state index in [9.17, 15) is 22.0 Å². The monoisotopic (exact) mass is 352 g/mol. The van der Waals surface area contributed by atoms with Gasteiger partial charge < -0.3 is 4.74 Å². The Kier molecular flexibility index (Phi) is 4.37. The van der Waals surface area contributed by atoms with Crippen LogP contribution in [0.5, 0.6) is 5.75 Å². The molecule has 0 bridgehead atoms. The first kappa shape index (κ1) is 17.2. The highest BCUT2D eigenvalue weighted by atomic mass is 19.4. The number of benzene rings is 3. The fraction of sp³-hybridized carbons (Fsp3) is 0.158. The van der Waals surface area contributed by atoms with Crippen molar-refractivity contribution in [3.63, 3.8) is 0 Å². The molecule has 3 rings (SSSR count). The second-order valence-electron chi connectivity index (χ2n) is 5.53. The molecule has 6 heteroatoms. The molecule has 0 atom stereocenters. The van der Waals surface area contributed by atoms with Gasteiger partial charge in [-0.05, 0) is 35.1 Å². The molecule has 1 nitrogen and oxygen atoms in total. The Morgan fingerprint density at radius 3 is 2.32 bits per heavy atom. The van der Waals surface area contributed by atoms with Crippen molar-refractivity contribution < 1.29 is 26.7 Å². The van der Waals surface area contributed by atoms with E-state index >= 15 is 0 Å². The van der Waals surface area contributed by atoms with E-state index in [0.717, 1.165) is 24.1 Å². The third kappa shape index (κ3) is 3.57. The molecule has 0 saturated carbocycles. The molecule has 0 heterocycles. The molecule has 130 valence electrons. The predicted octanol–water partition coefficient (Wildman–Crippen LogP) is 6.25. The van der Waals surface area contributed by atoms with Crippen LogP contribution in [0, 0.1) is 11.6 Å². The number of alkyl halides is 3. The highest BCUT2D eigenvalue weighted by molar-refractivity contribution is 5.88. The van der Waals surface area contributed by atoms with Gasteiger partial charge in [0.2, 0.25) is 0 Å². The minimum atomic E-state index is -4.99. The fourth-order valence-corrected chi connectivity index (χ4v) is 2.66. The molecule has 3 aromatic rings. The standard InChI is InChI=1S/C19H13F5O/c1-2-11-3-6-14-12(9-11)4-7-15(18(14)21)13-5-8-17(16(20)10-13)25-19(22,23)24/h3-10H,2H2,1H3. The lowest BCUT2D eigenvalue weighted by atomic mass is 9.98. The predicted molar refractivity (Wildman–Crippen MR) is 85.4 cm³/mol. The zero-order valence-electron chi connectivity index (χ0n) is 13.1. The Labute approximate surface area is 140 Å². The van der Waals surface area contributed by atoms with E-state index in [0.29, 0.717) is 10.8 Å². The molecule has 25 heavy (non-hydrogen) atoms. The highest BCUT2D eigenvalue weighted by Gasteiger charge is 2.32. The van der Waals surface area contributed by atoms with Crippen LogP contribution in [0.3, 0.4) is 0 Å². The molecule has 0 unspecified atom stereocenters. The van der Waals surface area contributed by atoms with Crippen LogP contribution in [0.1, 0.15) is 12.5 Å². The van der Waals surface area contributed by atoms with Gasteiger partial charge in [0.25, 0.3) is 0 Å². The lowest BCUT2D eigenvalue weighted by molar-refractivity contribution is -0.275. The van der Waals surface area contributed by atoms with E-state index in [2.05, 4.69) is 4.74 Å². The molecule has 0 aliphatic rings. The number of aryl methyl sites for hydroxylation is 1. The molecular formula is C19H13F5O. The van der Waals surface area contributed by atoms with Gasteiger partial charge in [0.1, 0.15) is 5.82 Å². The number of rotatable bonds is 3. The molecule has 3 aromatic carbocycles. The molecular weight excluding hydrogens is 339 g/mol. The Bertz CT molecular complexity index is 931. The van der Waals surface area contributed by atoms with Crippen molar-refractivity contribution in [3.8, 4) is 16.9 Å². The van der Waals surface area contributed by atoms with Crippen LogP contribution in [0.15, 0.2) is 48.5 Å². The summed E-state index contributed by atoms with van der Waals surface area (Å²) in [6.45, 7) is 1.99. The summed E-state index contributed by atoms with van der Waals surface area (Å²) in [7, 11) is 0. The topological polar surface area (TPSA) is 9.23 Å². The lowest BCUT2D eigenvalue weighted by Gasteiger charge is -2.12. The average molecular weight is 352 g/mol. The second kappa shape index (κ2) is 6.35. The quantitative estimate of drug-likeness (QED) is 0.507. The van der Waals surface area contributed by atoms with Gasteiger partial charge in [-0.2, -0.15) is 0 Å². The highest BCUT2D eigenvalue weighted by Crippen LogP contribution is 2.33. The summed E-state index contributed by atoms with van der Waals surface area (Å²) < 4.78 is 68.8. The second-order valence-corrected chi connectivity index (χ2v) is 5.53. The van der Waals surface area contributed by atoms with Crippen molar-refractivity contribution in [2.45, 2.75) is 19.7 Å². The van der Waals surface area contributed by atoms with E-state index in [1.54, 1.807) is 18.2 Å². The third-order valence-corrected chi connectivity index (χ3v) is 3.90. The molecule has 0 radical (unpaired) electrons. The number of hydrogen-bond acceptors (Lipinski definition) is 1. The van der Waals surface area contributed by atoms with Crippen LogP contribution < -0.4 is 4.74 Å². The Morgan fingerprint density at radius 1 is 0.920 bits per heavy atom. The van der Waals surface area contributed by atoms with Gasteiger partial charge >= 0.3 is 6.36 Å². The van der Waals surface area contributed by atoms with Crippen LogP contribution >= 0.6 is 0 Å². The SMILES string of the molecule is CCc1ccc2c(F)c(-c3ccc(OC(F)(F)F)c(F)c3)ccc2c1. The van der Waals surface area contributed by atoms with Gasteiger partial charge in [-0.3, -0.25) is 0 Å². The van der Waals surface area contributed by atoms with Crippen LogP contribution in [0.25, 0.3) is 21.9 Å². The fourth-order valence-electron chi connectivity index (χ4n) is 2.66. The zero-order chi connectivity index (χ0) is 18.2. The first-order valence-electron chi connectivity index (χ1n) is 7.55. The molecule has 0 amide bonds. The molecule has 0 saturated heterocycles. The first-order valence-corrected chi connectivity index (χ1v) is 7.55. The number of hydrogen-bond donors (Lipinski definition) is 0. The minimum absolute atomic E-state index is 0.106. The summed E-state index contributed by atoms with van der Waals surface area (Å²) in [5.74, 6) is -2.72. The van der Waals surface area contributed by atoms with Crippen LogP contribution in [-0.2, 0) is 6.42 Å². The summed E-state index contributed by atoms with van der Waals surface area (Å²) in [6.07, 6.45) is -4.18. The van der Waals surface area contributed by atoms with Crippen molar-refractivity contribution in [3.05, 3.63) is 65.7 Å². The van der Waals surface area contributed by atoms with E-state index in [-0.39, 0.29) is 11.1 Å². The molecule has 0 spiro atoms. The van der Waals surface area contributed by atoms with Crippen LogP contribution in [0.4, 0.5) is 22.0 Å². The van der Waals surface area contributed by atoms with Crippen LogP contribution in [0.2, 0.25) is 0 Å². The van der Waals surface area contributed by atoms with Gasteiger partial charge in [-0.1, -0.05) is 43.3 Å². The van der Waals surface area contributed by atoms with E-state index < -0.39 is 23.7 Å². The largest absolute Gasteiger partial charge is 0.573 e. The van der Waals surface area contributed by atoms with Gasteiger partial charge in [-0.15, -0.1) is 13.2 Å². The van der Waals surface area contributed by atoms with Crippen molar-refractivity contribution in [1.29, 1.82) is 0 Å². The maximum absolute atomic E-state index is 14.8. The van der Waals surface area contributed by atoms with E-state index in [4.69, 9.17) is 0 Å². The van der Waals surface area contributed by atoms with Gasteiger partial charge in [0, 0.05) is 10.9 Å². The van der Waals surface area contributed by atoms with Crippen molar-refractivity contribution in [2.24, 2.45) is 0 Å². The van der Waals surface area contributed by atoms with Gasteiger partial charge in [-0.25, -0.2) is 8.78 Å². The van der Waals surface area contributed by atoms with E-state index in [1.165, 1.54) is 12.1 Å². The minimum Gasteiger partial charge on any atom is -0.403 e. The lowest BCUT2D eigenvalue weighted by Crippen LogP contribution is -2.17. The van der Waals surface area contributed by atoms with Gasteiger partial charge in [0.05, 0.1) is 0 Å².